The molecule has 4 heteroatoms. The van der Waals surface area contributed by atoms with Crippen molar-refractivity contribution in [3.8, 4) is 11.5 Å². The van der Waals surface area contributed by atoms with E-state index in [4.69, 9.17) is 9.47 Å². The van der Waals surface area contributed by atoms with Crippen molar-refractivity contribution in [2.45, 2.75) is 32.6 Å². The van der Waals surface area contributed by atoms with Gasteiger partial charge >= 0.3 is 0 Å². The minimum Gasteiger partial charge on any atom is -0.493 e. The van der Waals surface area contributed by atoms with Crippen molar-refractivity contribution < 1.29 is 14.3 Å². The number of nitrogens with zero attached hydrogens (tertiary/aromatic N) is 1. The van der Waals surface area contributed by atoms with Crippen LogP contribution in [-0.2, 0) is 4.79 Å². The van der Waals surface area contributed by atoms with Crippen LogP contribution >= 0.6 is 0 Å². The summed E-state index contributed by atoms with van der Waals surface area (Å²) in [6.45, 7) is 3.73. The van der Waals surface area contributed by atoms with Gasteiger partial charge in [-0.05, 0) is 37.5 Å². The predicted molar refractivity (Wildman–Crippen MR) is 88.2 cm³/mol. The smallest absolute Gasteiger partial charge is 0.260 e. The van der Waals surface area contributed by atoms with Crippen molar-refractivity contribution in [2.75, 3.05) is 26.8 Å². The van der Waals surface area contributed by atoms with Crippen LogP contribution in [0, 0.1) is 0 Å². The molecule has 1 aromatic carbocycles. The molecule has 0 atom stereocenters. The SMILES string of the molecule is C/C=C/c1ccc(OCC(=O)N2CCCCCC2)c(OC)c1. The van der Waals surface area contributed by atoms with E-state index in [0.717, 1.165) is 31.5 Å². The van der Waals surface area contributed by atoms with E-state index in [1.165, 1.54) is 12.8 Å². The highest BCUT2D eigenvalue weighted by atomic mass is 16.5. The maximum Gasteiger partial charge on any atom is 0.260 e. The van der Waals surface area contributed by atoms with Gasteiger partial charge in [0, 0.05) is 13.1 Å². The van der Waals surface area contributed by atoms with Crippen molar-refractivity contribution in [1.29, 1.82) is 0 Å². The summed E-state index contributed by atoms with van der Waals surface area (Å²) in [5, 5.41) is 0. The van der Waals surface area contributed by atoms with Gasteiger partial charge in [0.05, 0.1) is 7.11 Å². The lowest BCUT2D eigenvalue weighted by molar-refractivity contribution is -0.133. The third-order valence-electron chi connectivity index (χ3n) is 3.86. The topological polar surface area (TPSA) is 38.8 Å². The highest BCUT2D eigenvalue weighted by Crippen LogP contribution is 2.28. The minimum absolute atomic E-state index is 0.0569. The third kappa shape index (κ3) is 4.52. The fraction of sp³-hybridized carbons (Fsp3) is 0.500. The molecule has 0 aliphatic carbocycles. The molecular formula is C18H25NO3. The van der Waals surface area contributed by atoms with E-state index in [9.17, 15) is 4.79 Å². The van der Waals surface area contributed by atoms with Crippen LogP contribution in [0.5, 0.6) is 11.5 Å². The Balaban J connectivity index is 1.96. The molecule has 1 saturated heterocycles. The second-order valence-corrected chi connectivity index (χ2v) is 5.49. The fourth-order valence-corrected chi connectivity index (χ4v) is 2.65. The number of hydrogen-bond acceptors (Lipinski definition) is 3. The number of carbonyl (C=O) groups is 1. The molecule has 2 rings (SSSR count). The average molecular weight is 303 g/mol. The molecule has 1 fully saturated rings. The molecule has 1 aliphatic heterocycles. The highest BCUT2D eigenvalue weighted by molar-refractivity contribution is 5.78. The molecule has 4 nitrogen and oxygen atoms in total. The van der Waals surface area contributed by atoms with Crippen LogP contribution in [0.25, 0.3) is 6.08 Å². The van der Waals surface area contributed by atoms with Crippen LogP contribution in [0.1, 0.15) is 38.2 Å². The van der Waals surface area contributed by atoms with Gasteiger partial charge in [-0.1, -0.05) is 31.1 Å². The Kier molecular flexibility index (Phi) is 6.31. The van der Waals surface area contributed by atoms with Gasteiger partial charge in [0.15, 0.2) is 18.1 Å². The molecule has 1 aromatic rings. The summed E-state index contributed by atoms with van der Waals surface area (Å²) < 4.78 is 11.0. The normalized spacial score (nSPS) is 15.6. The number of rotatable bonds is 5. The first-order valence-electron chi connectivity index (χ1n) is 7.96. The van der Waals surface area contributed by atoms with E-state index < -0.39 is 0 Å². The van der Waals surface area contributed by atoms with E-state index in [0.29, 0.717) is 11.5 Å². The Morgan fingerprint density at radius 1 is 1.18 bits per heavy atom. The van der Waals surface area contributed by atoms with Gasteiger partial charge in [0.2, 0.25) is 0 Å². The van der Waals surface area contributed by atoms with Crippen LogP contribution in [0.2, 0.25) is 0 Å². The summed E-state index contributed by atoms with van der Waals surface area (Å²) in [5.74, 6) is 1.32. The Morgan fingerprint density at radius 3 is 2.55 bits per heavy atom. The van der Waals surface area contributed by atoms with Gasteiger partial charge in [-0.15, -0.1) is 0 Å². The Bertz CT molecular complexity index is 517. The lowest BCUT2D eigenvalue weighted by Gasteiger charge is -2.20. The molecule has 120 valence electrons. The first-order valence-corrected chi connectivity index (χ1v) is 7.96. The zero-order valence-electron chi connectivity index (χ0n) is 13.5. The van der Waals surface area contributed by atoms with Crippen LogP contribution in [-0.4, -0.2) is 37.6 Å². The summed E-state index contributed by atoms with van der Waals surface area (Å²) >= 11 is 0. The van der Waals surface area contributed by atoms with E-state index >= 15 is 0 Å². The standard InChI is InChI=1S/C18H25NO3/c1-3-8-15-9-10-16(17(13-15)21-2)22-14-18(20)19-11-6-4-5-7-12-19/h3,8-10,13H,4-7,11-12,14H2,1-2H3/b8-3+. The number of allylic oxidation sites excluding steroid dienone is 1. The van der Waals surface area contributed by atoms with Crippen molar-refractivity contribution in [3.05, 3.63) is 29.8 Å². The van der Waals surface area contributed by atoms with Crippen LogP contribution in [0.3, 0.4) is 0 Å². The molecule has 0 saturated carbocycles. The summed E-state index contributed by atoms with van der Waals surface area (Å²) in [4.78, 5) is 14.2. The largest absolute Gasteiger partial charge is 0.493 e. The molecule has 0 spiro atoms. The maximum atomic E-state index is 12.2. The van der Waals surface area contributed by atoms with E-state index in [1.54, 1.807) is 7.11 Å². The highest BCUT2D eigenvalue weighted by Gasteiger charge is 2.16. The number of amides is 1. The first-order chi connectivity index (χ1) is 10.7. The molecule has 0 bridgehead atoms. The maximum absolute atomic E-state index is 12.2. The predicted octanol–water partition coefficient (Wildman–Crippen LogP) is 3.51. The lowest BCUT2D eigenvalue weighted by atomic mass is 10.2. The number of likely N-dealkylation sites (tertiary alicyclic amines) is 1. The molecule has 22 heavy (non-hydrogen) atoms. The van der Waals surface area contributed by atoms with Gasteiger partial charge in [0.1, 0.15) is 0 Å². The summed E-state index contributed by atoms with van der Waals surface area (Å²) in [6.07, 6.45) is 8.57. The zero-order chi connectivity index (χ0) is 15.8. The van der Waals surface area contributed by atoms with Crippen LogP contribution in [0.4, 0.5) is 0 Å². The van der Waals surface area contributed by atoms with Crippen molar-refractivity contribution in [1.82, 2.24) is 4.90 Å². The van der Waals surface area contributed by atoms with Gasteiger partial charge in [-0.25, -0.2) is 0 Å². The molecular weight excluding hydrogens is 278 g/mol. The van der Waals surface area contributed by atoms with Gasteiger partial charge in [-0.2, -0.15) is 0 Å². The van der Waals surface area contributed by atoms with E-state index in [-0.39, 0.29) is 12.5 Å². The molecule has 0 aromatic heterocycles. The lowest BCUT2D eigenvalue weighted by Crippen LogP contribution is -2.35. The fourth-order valence-electron chi connectivity index (χ4n) is 2.65. The molecule has 0 N–H and O–H groups in total. The molecule has 1 aliphatic rings. The average Bonchev–Trinajstić information content (AvgIpc) is 2.82. The van der Waals surface area contributed by atoms with Gasteiger partial charge < -0.3 is 14.4 Å². The van der Waals surface area contributed by atoms with E-state index in [2.05, 4.69) is 0 Å². The number of methoxy groups -OCH3 is 1. The van der Waals surface area contributed by atoms with Gasteiger partial charge in [0.25, 0.3) is 5.91 Å². The Hall–Kier alpha value is -1.97. The second-order valence-electron chi connectivity index (χ2n) is 5.49. The van der Waals surface area contributed by atoms with Crippen molar-refractivity contribution in [3.63, 3.8) is 0 Å². The van der Waals surface area contributed by atoms with E-state index in [1.807, 2.05) is 42.2 Å². The quantitative estimate of drug-likeness (QED) is 0.835. The second kappa shape index (κ2) is 8.47. The Morgan fingerprint density at radius 2 is 1.91 bits per heavy atom. The van der Waals surface area contributed by atoms with Crippen molar-refractivity contribution in [2.24, 2.45) is 0 Å². The zero-order valence-corrected chi connectivity index (χ0v) is 13.5. The Labute approximate surface area is 132 Å². The molecule has 1 amide bonds. The minimum atomic E-state index is 0.0569. The monoisotopic (exact) mass is 303 g/mol. The van der Waals surface area contributed by atoms with Crippen LogP contribution in [0.15, 0.2) is 24.3 Å². The van der Waals surface area contributed by atoms with Crippen LogP contribution < -0.4 is 9.47 Å². The number of ether oxygens (including phenoxy) is 2. The number of carbonyl (C=O) groups excluding carboxylic acids is 1. The summed E-state index contributed by atoms with van der Waals surface area (Å²) in [6, 6.07) is 5.71. The molecule has 0 radical (unpaired) electrons. The van der Waals surface area contributed by atoms with Crippen molar-refractivity contribution >= 4 is 12.0 Å². The first kappa shape index (κ1) is 16.4. The van der Waals surface area contributed by atoms with Gasteiger partial charge in [-0.3, -0.25) is 4.79 Å². The molecule has 1 heterocycles. The third-order valence-corrected chi connectivity index (χ3v) is 3.86. The summed E-state index contributed by atoms with van der Waals surface area (Å²) in [5.41, 5.74) is 1.05. The summed E-state index contributed by atoms with van der Waals surface area (Å²) in [7, 11) is 1.61. The number of benzene rings is 1. The number of hydrogen-bond donors (Lipinski definition) is 0. The molecule has 0 unspecified atom stereocenters.